The summed E-state index contributed by atoms with van der Waals surface area (Å²) >= 11 is 0. The third-order valence-corrected chi connectivity index (χ3v) is 3.76. The molecule has 1 aliphatic rings. The molecule has 4 heteroatoms. The van der Waals surface area contributed by atoms with Crippen molar-refractivity contribution in [2.24, 2.45) is 0 Å². The van der Waals surface area contributed by atoms with Crippen molar-refractivity contribution >= 4 is 0 Å². The summed E-state index contributed by atoms with van der Waals surface area (Å²) in [6, 6.07) is 5.77. The SMILES string of the molecule is CCOc1cccc(CCCCN2CCNCC2)c1O. The Bertz CT molecular complexity index is 403. The number of nitrogens with one attached hydrogen (secondary N) is 1. The van der Waals surface area contributed by atoms with Crippen LogP contribution in [0.2, 0.25) is 0 Å². The highest BCUT2D eigenvalue weighted by Crippen LogP contribution is 2.30. The molecule has 2 rings (SSSR count). The highest BCUT2D eigenvalue weighted by molar-refractivity contribution is 5.45. The highest BCUT2D eigenvalue weighted by atomic mass is 16.5. The first-order valence-electron chi connectivity index (χ1n) is 7.68. The van der Waals surface area contributed by atoms with Gasteiger partial charge in [0.25, 0.3) is 0 Å². The van der Waals surface area contributed by atoms with Crippen LogP contribution in [-0.2, 0) is 6.42 Å². The number of hydrogen-bond donors (Lipinski definition) is 2. The Kier molecular flexibility index (Phi) is 6.15. The summed E-state index contributed by atoms with van der Waals surface area (Å²) in [5.41, 5.74) is 0.997. The van der Waals surface area contributed by atoms with Crippen LogP contribution < -0.4 is 10.1 Å². The zero-order valence-corrected chi connectivity index (χ0v) is 12.4. The van der Waals surface area contributed by atoms with E-state index in [1.54, 1.807) is 0 Å². The van der Waals surface area contributed by atoms with E-state index in [4.69, 9.17) is 4.74 Å². The van der Waals surface area contributed by atoms with Crippen LogP contribution in [0.4, 0.5) is 0 Å². The number of unbranched alkanes of at least 4 members (excludes halogenated alkanes) is 1. The van der Waals surface area contributed by atoms with Crippen LogP contribution in [0.25, 0.3) is 0 Å². The maximum absolute atomic E-state index is 10.1. The average Bonchev–Trinajstić information content (AvgIpc) is 2.48. The van der Waals surface area contributed by atoms with Crippen LogP contribution in [0.15, 0.2) is 18.2 Å². The van der Waals surface area contributed by atoms with Gasteiger partial charge >= 0.3 is 0 Å². The van der Waals surface area contributed by atoms with E-state index >= 15 is 0 Å². The van der Waals surface area contributed by atoms with Gasteiger partial charge in [-0.2, -0.15) is 0 Å². The molecule has 1 aromatic carbocycles. The van der Waals surface area contributed by atoms with Crippen molar-refractivity contribution in [1.82, 2.24) is 10.2 Å². The van der Waals surface area contributed by atoms with Crippen LogP contribution in [0, 0.1) is 0 Å². The van der Waals surface area contributed by atoms with Gasteiger partial charge < -0.3 is 20.1 Å². The summed E-state index contributed by atoms with van der Waals surface area (Å²) < 4.78 is 5.41. The standard InChI is InChI=1S/C16H26N2O2/c1-2-20-15-8-5-7-14(16(15)19)6-3-4-11-18-12-9-17-10-13-18/h5,7-8,17,19H,2-4,6,9-13H2,1H3. The van der Waals surface area contributed by atoms with Gasteiger partial charge in [0.1, 0.15) is 0 Å². The molecule has 1 aliphatic heterocycles. The number of rotatable bonds is 7. The molecule has 0 amide bonds. The Morgan fingerprint density at radius 3 is 2.80 bits per heavy atom. The van der Waals surface area contributed by atoms with Crippen LogP contribution in [0.3, 0.4) is 0 Å². The van der Waals surface area contributed by atoms with Crippen molar-refractivity contribution < 1.29 is 9.84 Å². The maximum Gasteiger partial charge on any atom is 0.161 e. The Labute approximate surface area is 121 Å². The van der Waals surface area contributed by atoms with Crippen molar-refractivity contribution in [2.45, 2.75) is 26.2 Å². The van der Waals surface area contributed by atoms with Crippen LogP contribution >= 0.6 is 0 Å². The number of nitrogens with zero attached hydrogens (tertiary/aromatic N) is 1. The molecule has 1 fully saturated rings. The van der Waals surface area contributed by atoms with Crippen molar-refractivity contribution in [3.63, 3.8) is 0 Å². The van der Waals surface area contributed by atoms with E-state index < -0.39 is 0 Å². The number of phenols is 1. The summed E-state index contributed by atoms with van der Waals surface area (Å²) in [5.74, 6) is 0.920. The van der Waals surface area contributed by atoms with E-state index in [-0.39, 0.29) is 0 Å². The van der Waals surface area contributed by atoms with E-state index in [9.17, 15) is 5.11 Å². The molecular weight excluding hydrogens is 252 g/mol. The fourth-order valence-corrected chi connectivity index (χ4v) is 2.63. The van der Waals surface area contributed by atoms with Crippen molar-refractivity contribution in [2.75, 3.05) is 39.3 Å². The van der Waals surface area contributed by atoms with E-state index in [1.165, 1.54) is 6.42 Å². The molecule has 112 valence electrons. The number of para-hydroxylation sites is 1. The summed E-state index contributed by atoms with van der Waals surface area (Å²) in [7, 11) is 0. The highest BCUT2D eigenvalue weighted by Gasteiger charge is 2.10. The average molecular weight is 278 g/mol. The fourth-order valence-electron chi connectivity index (χ4n) is 2.63. The molecule has 0 saturated carbocycles. The monoisotopic (exact) mass is 278 g/mol. The van der Waals surface area contributed by atoms with Gasteiger partial charge in [-0.05, 0) is 44.4 Å². The van der Waals surface area contributed by atoms with Gasteiger partial charge in [0.2, 0.25) is 0 Å². The molecule has 0 radical (unpaired) electrons. The summed E-state index contributed by atoms with van der Waals surface area (Å²) in [6.07, 6.45) is 3.20. The topological polar surface area (TPSA) is 44.7 Å². The Hall–Kier alpha value is -1.26. The number of aryl methyl sites for hydroxylation is 1. The largest absolute Gasteiger partial charge is 0.504 e. The van der Waals surface area contributed by atoms with Gasteiger partial charge in [-0.1, -0.05) is 12.1 Å². The zero-order chi connectivity index (χ0) is 14.2. The maximum atomic E-state index is 10.1. The van der Waals surface area contributed by atoms with Crippen LogP contribution in [0.5, 0.6) is 11.5 Å². The Balaban J connectivity index is 1.74. The number of piperazine rings is 1. The molecule has 0 bridgehead atoms. The molecule has 1 heterocycles. The summed E-state index contributed by atoms with van der Waals surface area (Å²) in [5, 5.41) is 13.5. The first kappa shape index (κ1) is 15.1. The second kappa shape index (κ2) is 8.12. The van der Waals surface area contributed by atoms with Gasteiger partial charge in [-0.3, -0.25) is 0 Å². The molecule has 4 nitrogen and oxygen atoms in total. The third kappa shape index (κ3) is 4.39. The number of aromatic hydroxyl groups is 1. The molecule has 0 unspecified atom stereocenters. The van der Waals surface area contributed by atoms with Gasteiger partial charge in [-0.25, -0.2) is 0 Å². The lowest BCUT2D eigenvalue weighted by molar-refractivity contribution is 0.236. The van der Waals surface area contributed by atoms with Gasteiger partial charge in [0.15, 0.2) is 11.5 Å². The molecule has 2 N–H and O–H groups in total. The van der Waals surface area contributed by atoms with Gasteiger partial charge in [-0.15, -0.1) is 0 Å². The second-order valence-electron chi connectivity index (χ2n) is 5.25. The van der Waals surface area contributed by atoms with Crippen molar-refractivity contribution in [3.8, 4) is 11.5 Å². The minimum Gasteiger partial charge on any atom is -0.504 e. The van der Waals surface area contributed by atoms with Gasteiger partial charge in [0, 0.05) is 26.2 Å². The predicted octanol–water partition coefficient (Wildman–Crippen LogP) is 2.02. The van der Waals surface area contributed by atoms with E-state index in [0.29, 0.717) is 18.1 Å². The fraction of sp³-hybridized carbons (Fsp3) is 0.625. The van der Waals surface area contributed by atoms with Gasteiger partial charge in [0.05, 0.1) is 6.61 Å². The molecular formula is C16H26N2O2. The van der Waals surface area contributed by atoms with Crippen LogP contribution in [-0.4, -0.2) is 49.3 Å². The van der Waals surface area contributed by atoms with E-state index in [2.05, 4.69) is 10.2 Å². The Morgan fingerprint density at radius 1 is 1.25 bits per heavy atom. The number of hydrogen-bond acceptors (Lipinski definition) is 4. The van der Waals surface area contributed by atoms with E-state index in [1.807, 2.05) is 25.1 Å². The van der Waals surface area contributed by atoms with E-state index in [0.717, 1.165) is 51.1 Å². The lowest BCUT2D eigenvalue weighted by atomic mass is 10.1. The summed E-state index contributed by atoms with van der Waals surface area (Å²) in [6.45, 7) is 8.21. The molecule has 1 saturated heterocycles. The minimum atomic E-state index is 0.316. The third-order valence-electron chi connectivity index (χ3n) is 3.76. The van der Waals surface area contributed by atoms with Crippen LogP contribution in [0.1, 0.15) is 25.3 Å². The number of ether oxygens (including phenoxy) is 1. The number of benzene rings is 1. The molecule has 1 aromatic rings. The number of phenolic OH excluding ortho intramolecular Hbond substituents is 1. The second-order valence-corrected chi connectivity index (χ2v) is 5.25. The first-order chi connectivity index (χ1) is 9.81. The first-order valence-corrected chi connectivity index (χ1v) is 7.68. The van der Waals surface area contributed by atoms with Crippen molar-refractivity contribution in [3.05, 3.63) is 23.8 Å². The molecule has 20 heavy (non-hydrogen) atoms. The smallest absolute Gasteiger partial charge is 0.161 e. The molecule has 0 spiro atoms. The zero-order valence-electron chi connectivity index (χ0n) is 12.4. The minimum absolute atomic E-state index is 0.316. The molecule has 0 atom stereocenters. The lowest BCUT2D eigenvalue weighted by Crippen LogP contribution is -2.43. The lowest BCUT2D eigenvalue weighted by Gasteiger charge is -2.27. The van der Waals surface area contributed by atoms with Crippen molar-refractivity contribution in [1.29, 1.82) is 0 Å². The predicted molar refractivity (Wildman–Crippen MR) is 81.5 cm³/mol. The normalized spacial score (nSPS) is 16.2. The molecule has 0 aromatic heterocycles. The Morgan fingerprint density at radius 2 is 2.05 bits per heavy atom. The molecule has 0 aliphatic carbocycles. The quantitative estimate of drug-likeness (QED) is 0.749. The summed E-state index contributed by atoms with van der Waals surface area (Å²) in [4.78, 5) is 2.51.